The van der Waals surface area contributed by atoms with Crippen LogP contribution in [0, 0.1) is 0 Å². The lowest BCUT2D eigenvalue weighted by molar-refractivity contribution is -0.143. The lowest BCUT2D eigenvalue weighted by atomic mass is 9.99. The van der Waals surface area contributed by atoms with E-state index in [-0.39, 0.29) is 19.0 Å². The van der Waals surface area contributed by atoms with Gasteiger partial charge in [0.05, 0.1) is 18.3 Å². The minimum absolute atomic E-state index is 0.0794. The molecule has 0 amide bonds. The highest BCUT2D eigenvalue weighted by Gasteiger charge is 2.21. The van der Waals surface area contributed by atoms with Crippen LogP contribution in [0.1, 0.15) is 71.1 Å². The summed E-state index contributed by atoms with van der Waals surface area (Å²) in [5.41, 5.74) is 0. The molecule has 1 unspecified atom stereocenters. The largest absolute Gasteiger partial charge is 0.459 e. The number of hydrogen-bond donors (Lipinski definition) is 2. The van der Waals surface area contributed by atoms with Gasteiger partial charge < -0.3 is 24.4 Å². The van der Waals surface area contributed by atoms with Crippen molar-refractivity contribution < 1.29 is 29.2 Å². The van der Waals surface area contributed by atoms with Crippen molar-refractivity contribution in [1.29, 1.82) is 0 Å². The van der Waals surface area contributed by atoms with Crippen molar-refractivity contribution in [3.05, 3.63) is 12.2 Å². The van der Waals surface area contributed by atoms with E-state index in [1.165, 1.54) is 12.2 Å². The number of hydrogen-bond acceptors (Lipinski definition) is 6. The molecule has 0 saturated heterocycles. The number of aliphatic hydroxyl groups is 2. The Morgan fingerprint density at radius 1 is 1.19 bits per heavy atom. The van der Waals surface area contributed by atoms with Gasteiger partial charge in [-0.25, -0.2) is 4.79 Å². The summed E-state index contributed by atoms with van der Waals surface area (Å²) >= 11 is 0. The van der Waals surface area contributed by atoms with Crippen LogP contribution in [0.25, 0.3) is 0 Å². The van der Waals surface area contributed by atoms with Gasteiger partial charge in [0.25, 0.3) is 0 Å². The van der Waals surface area contributed by atoms with E-state index in [2.05, 4.69) is 6.92 Å². The molecule has 1 aliphatic rings. The number of rotatable bonds is 7. The zero-order valence-corrected chi connectivity index (χ0v) is 16.3. The summed E-state index contributed by atoms with van der Waals surface area (Å²) in [6.07, 6.45) is 9.26. The summed E-state index contributed by atoms with van der Waals surface area (Å²) in [4.78, 5) is 12.0. The van der Waals surface area contributed by atoms with Crippen LogP contribution in [0.5, 0.6) is 0 Å². The van der Waals surface area contributed by atoms with E-state index in [1.54, 1.807) is 7.11 Å². The molecule has 6 nitrogen and oxygen atoms in total. The molecule has 1 heterocycles. The van der Waals surface area contributed by atoms with Gasteiger partial charge in [-0.05, 0) is 38.2 Å². The molecule has 0 aliphatic carbocycles. The van der Waals surface area contributed by atoms with Crippen molar-refractivity contribution in [2.75, 3.05) is 13.9 Å². The maximum absolute atomic E-state index is 12.0. The average molecular weight is 373 g/mol. The predicted molar refractivity (Wildman–Crippen MR) is 99.6 cm³/mol. The van der Waals surface area contributed by atoms with Gasteiger partial charge in [0.2, 0.25) is 0 Å². The first kappa shape index (κ1) is 23.1. The molecule has 0 aromatic carbocycles. The van der Waals surface area contributed by atoms with Crippen molar-refractivity contribution >= 4 is 5.97 Å². The van der Waals surface area contributed by atoms with Crippen molar-refractivity contribution in [3.8, 4) is 0 Å². The zero-order valence-electron chi connectivity index (χ0n) is 16.3. The quantitative estimate of drug-likeness (QED) is 0.406. The van der Waals surface area contributed by atoms with E-state index in [0.29, 0.717) is 6.42 Å². The predicted octanol–water partition coefficient (Wildman–Crippen LogP) is 3.10. The maximum Gasteiger partial charge on any atom is 0.330 e. The molecule has 0 saturated carbocycles. The topological polar surface area (TPSA) is 85.2 Å². The van der Waals surface area contributed by atoms with Gasteiger partial charge in [-0.15, -0.1) is 0 Å². The van der Waals surface area contributed by atoms with E-state index in [9.17, 15) is 15.0 Å². The van der Waals surface area contributed by atoms with Crippen LogP contribution < -0.4 is 0 Å². The standard InChI is InChI=1S/C20H36O6/c1-3-4-6-9-16-10-7-5-8-11-17(25-15-24-2)14-19(22)18(21)12-13-20(23)26-16/h12-13,16-19,21-22H,3-11,14-15H2,1-2H3/b13-12+/t16?,17-,18-,19+/m1/s1. The molecule has 4 atom stereocenters. The molecule has 0 aromatic rings. The number of carbonyl (C=O) groups is 1. The Balaban J connectivity index is 2.68. The van der Waals surface area contributed by atoms with Crippen LogP contribution in [-0.2, 0) is 19.0 Å². The fourth-order valence-corrected chi connectivity index (χ4v) is 3.16. The third-order valence-corrected chi connectivity index (χ3v) is 4.71. The lowest BCUT2D eigenvalue weighted by Crippen LogP contribution is -2.30. The molecule has 0 spiro atoms. The minimum atomic E-state index is -1.13. The normalized spacial score (nSPS) is 30.4. The molecule has 152 valence electrons. The fourth-order valence-electron chi connectivity index (χ4n) is 3.16. The van der Waals surface area contributed by atoms with Gasteiger partial charge in [0, 0.05) is 19.6 Å². The molecule has 1 aliphatic heterocycles. The Morgan fingerprint density at radius 3 is 2.69 bits per heavy atom. The Hall–Kier alpha value is -0.950. The zero-order chi connectivity index (χ0) is 19.2. The van der Waals surface area contributed by atoms with Gasteiger partial charge >= 0.3 is 5.97 Å². The Kier molecular flexibility index (Phi) is 12.6. The van der Waals surface area contributed by atoms with E-state index in [4.69, 9.17) is 14.2 Å². The minimum Gasteiger partial charge on any atom is -0.459 e. The van der Waals surface area contributed by atoms with Gasteiger partial charge in [0.15, 0.2) is 0 Å². The third-order valence-electron chi connectivity index (χ3n) is 4.71. The summed E-state index contributed by atoms with van der Waals surface area (Å²) in [6.45, 7) is 2.31. The summed E-state index contributed by atoms with van der Waals surface area (Å²) in [5, 5.41) is 20.2. The van der Waals surface area contributed by atoms with Gasteiger partial charge in [0.1, 0.15) is 12.9 Å². The van der Waals surface area contributed by atoms with Crippen molar-refractivity contribution in [2.45, 2.75) is 95.5 Å². The Labute approximate surface area is 157 Å². The molecular weight excluding hydrogens is 336 g/mol. The van der Waals surface area contributed by atoms with Crippen LogP contribution in [0.4, 0.5) is 0 Å². The third kappa shape index (κ3) is 10.3. The second-order valence-electron chi connectivity index (χ2n) is 7.04. The summed E-state index contributed by atoms with van der Waals surface area (Å²) in [5.74, 6) is -0.456. The second-order valence-corrected chi connectivity index (χ2v) is 7.04. The van der Waals surface area contributed by atoms with Crippen LogP contribution in [-0.4, -0.2) is 54.5 Å². The number of methoxy groups -OCH3 is 1. The van der Waals surface area contributed by atoms with Crippen LogP contribution in [0.3, 0.4) is 0 Å². The van der Waals surface area contributed by atoms with E-state index < -0.39 is 18.2 Å². The van der Waals surface area contributed by atoms with E-state index in [1.807, 2.05) is 0 Å². The van der Waals surface area contributed by atoms with E-state index in [0.717, 1.165) is 57.8 Å². The highest BCUT2D eigenvalue weighted by Crippen LogP contribution is 2.19. The SMILES string of the molecule is CCCCCC1CCCCC[C@@H](OCOC)C[C@H](O)[C@H](O)/C=C/C(=O)O1. The van der Waals surface area contributed by atoms with Crippen molar-refractivity contribution in [1.82, 2.24) is 0 Å². The van der Waals surface area contributed by atoms with E-state index >= 15 is 0 Å². The molecular formula is C20H36O6. The number of cyclic esters (lactones) is 1. The van der Waals surface area contributed by atoms with Crippen LogP contribution in [0.2, 0.25) is 0 Å². The number of aliphatic hydroxyl groups excluding tert-OH is 2. The number of unbranched alkanes of at least 4 members (excludes halogenated alkanes) is 2. The smallest absolute Gasteiger partial charge is 0.330 e. The monoisotopic (exact) mass is 372 g/mol. The fraction of sp³-hybridized carbons (Fsp3) is 0.850. The first-order chi connectivity index (χ1) is 12.6. The highest BCUT2D eigenvalue weighted by atomic mass is 16.7. The Bertz CT molecular complexity index is 398. The molecule has 0 bridgehead atoms. The molecule has 0 aromatic heterocycles. The average Bonchev–Trinajstić information content (AvgIpc) is 2.62. The number of carbonyl (C=O) groups excluding carboxylic acids is 1. The molecule has 2 N–H and O–H groups in total. The second kappa shape index (κ2) is 14.2. The Morgan fingerprint density at radius 2 is 1.96 bits per heavy atom. The van der Waals surface area contributed by atoms with Crippen LogP contribution in [0.15, 0.2) is 12.2 Å². The molecule has 1 rings (SSSR count). The first-order valence-electron chi connectivity index (χ1n) is 9.92. The molecule has 26 heavy (non-hydrogen) atoms. The maximum atomic E-state index is 12.0. The molecule has 0 fully saturated rings. The van der Waals surface area contributed by atoms with Crippen molar-refractivity contribution in [2.24, 2.45) is 0 Å². The molecule has 0 radical (unpaired) electrons. The number of esters is 1. The lowest BCUT2D eigenvalue weighted by Gasteiger charge is -2.23. The number of ether oxygens (including phenoxy) is 3. The molecule has 6 heteroatoms. The summed E-state index contributed by atoms with van der Waals surface area (Å²) in [7, 11) is 1.56. The van der Waals surface area contributed by atoms with Crippen LogP contribution >= 0.6 is 0 Å². The summed E-state index contributed by atoms with van der Waals surface area (Å²) in [6, 6.07) is 0. The van der Waals surface area contributed by atoms with Gasteiger partial charge in [-0.1, -0.05) is 32.6 Å². The van der Waals surface area contributed by atoms with Gasteiger partial charge in [-0.2, -0.15) is 0 Å². The first-order valence-corrected chi connectivity index (χ1v) is 9.92. The summed E-state index contributed by atoms with van der Waals surface area (Å²) < 4.78 is 16.1. The highest BCUT2D eigenvalue weighted by molar-refractivity contribution is 5.82. The van der Waals surface area contributed by atoms with Gasteiger partial charge in [-0.3, -0.25) is 0 Å². The van der Waals surface area contributed by atoms with Crippen molar-refractivity contribution in [3.63, 3.8) is 0 Å².